The van der Waals surface area contributed by atoms with Crippen LogP contribution in [0.5, 0.6) is 11.5 Å². The van der Waals surface area contributed by atoms with E-state index in [1.54, 1.807) is 21.3 Å². The summed E-state index contributed by atoms with van der Waals surface area (Å²) < 4.78 is 17.0. The van der Waals surface area contributed by atoms with Gasteiger partial charge in [0, 0.05) is 31.3 Å². The van der Waals surface area contributed by atoms with Crippen molar-refractivity contribution < 1.29 is 14.2 Å². The Labute approximate surface area is 171 Å². The summed E-state index contributed by atoms with van der Waals surface area (Å²) in [7, 11) is 5.05. The van der Waals surface area contributed by atoms with E-state index in [9.17, 15) is 0 Å². The zero-order valence-corrected chi connectivity index (χ0v) is 18.4. The Morgan fingerprint density at radius 1 is 1.15 bits per heavy atom. The highest BCUT2D eigenvalue weighted by Crippen LogP contribution is 2.43. The van der Waals surface area contributed by atoms with Crippen molar-refractivity contribution in [2.75, 3.05) is 41.0 Å². The fourth-order valence-electron chi connectivity index (χ4n) is 3.31. The Balaban J connectivity index is 2.04. The van der Waals surface area contributed by atoms with Gasteiger partial charge in [-0.3, -0.25) is 0 Å². The number of halogens is 1. The van der Waals surface area contributed by atoms with Crippen LogP contribution in [0.1, 0.15) is 38.2 Å². The number of guanidine groups is 1. The van der Waals surface area contributed by atoms with Gasteiger partial charge in [0.15, 0.2) is 17.5 Å². The van der Waals surface area contributed by atoms with E-state index in [0.29, 0.717) is 23.5 Å². The third-order valence-electron chi connectivity index (χ3n) is 5.19. The molecule has 0 unspecified atom stereocenters. The van der Waals surface area contributed by atoms with Crippen LogP contribution in [0.4, 0.5) is 0 Å². The molecule has 1 fully saturated rings. The first kappa shape index (κ1) is 21.8. The van der Waals surface area contributed by atoms with Crippen LogP contribution in [-0.2, 0) is 11.3 Å². The van der Waals surface area contributed by atoms with E-state index in [0.717, 1.165) is 42.1 Å². The largest absolute Gasteiger partial charge is 0.493 e. The summed E-state index contributed by atoms with van der Waals surface area (Å²) in [6.07, 6.45) is 4.91. The lowest BCUT2D eigenvalue weighted by Gasteiger charge is -2.42. The highest BCUT2D eigenvalue weighted by Gasteiger charge is 2.36. The molecule has 27 heavy (non-hydrogen) atoms. The zero-order chi connectivity index (χ0) is 19.7. The van der Waals surface area contributed by atoms with Crippen molar-refractivity contribution in [2.45, 2.75) is 39.2 Å². The smallest absolute Gasteiger partial charge is 0.191 e. The molecule has 152 valence electrons. The maximum atomic E-state index is 5.40. The summed E-state index contributed by atoms with van der Waals surface area (Å²) in [6, 6.07) is 3.88. The predicted octanol–water partition coefficient (Wildman–Crippen LogP) is 3.73. The van der Waals surface area contributed by atoms with Crippen LogP contribution in [0, 0.1) is 5.41 Å². The zero-order valence-electron chi connectivity index (χ0n) is 16.9. The van der Waals surface area contributed by atoms with Crippen molar-refractivity contribution in [3.8, 4) is 11.5 Å². The van der Waals surface area contributed by atoms with Gasteiger partial charge in [0.05, 0.1) is 20.8 Å². The quantitative estimate of drug-likeness (QED) is 0.427. The molecule has 2 N–H and O–H groups in total. The van der Waals surface area contributed by atoms with E-state index >= 15 is 0 Å². The van der Waals surface area contributed by atoms with Gasteiger partial charge in [0.2, 0.25) is 0 Å². The normalized spacial score (nSPS) is 15.8. The van der Waals surface area contributed by atoms with Gasteiger partial charge in [0.25, 0.3) is 0 Å². The lowest BCUT2D eigenvalue weighted by molar-refractivity contribution is 0.0732. The summed E-state index contributed by atoms with van der Waals surface area (Å²) in [5, 5.41) is 6.86. The minimum atomic E-state index is 0.343. The number of aliphatic imine (C=N–C) groups is 1. The number of hydrogen-bond acceptors (Lipinski definition) is 4. The minimum Gasteiger partial charge on any atom is -0.493 e. The second-order valence-electron chi connectivity index (χ2n) is 6.94. The van der Waals surface area contributed by atoms with Crippen LogP contribution in [0.3, 0.4) is 0 Å². The first-order chi connectivity index (χ1) is 13.1. The Morgan fingerprint density at radius 3 is 2.41 bits per heavy atom. The number of hydrogen-bond donors (Lipinski definition) is 2. The van der Waals surface area contributed by atoms with Crippen molar-refractivity contribution in [2.24, 2.45) is 10.4 Å². The second kappa shape index (κ2) is 10.8. The molecule has 1 aliphatic carbocycles. The van der Waals surface area contributed by atoms with Gasteiger partial charge >= 0.3 is 0 Å². The number of nitrogens with zero attached hydrogens (tertiary/aromatic N) is 1. The van der Waals surface area contributed by atoms with Gasteiger partial charge in [-0.05, 0) is 49.3 Å². The molecule has 0 atom stereocenters. The molecular weight excluding hydrogens is 410 g/mol. The van der Waals surface area contributed by atoms with E-state index in [1.807, 2.05) is 12.1 Å². The van der Waals surface area contributed by atoms with Crippen molar-refractivity contribution >= 4 is 21.9 Å². The Kier molecular flexibility index (Phi) is 8.70. The maximum Gasteiger partial charge on any atom is 0.191 e. The van der Waals surface area contributed by atoms with E-state index in [4.69, 9.17) is 19.2 Å². The first-order valence-electron chi connectivity index (χ1n) is 9.49. The molecule has 0 saturated heterocycles. The molecule has 0 radical (unpaired) electrons. The van der Waals surface area contributed by atoms with Gasteiger partial charge in [-0.1, -0.05) is 22.4 Å². The van der Waals surface area contributed by atoms with E-state index in [2.05, 4.69) is 33.5 Å². The molecule has 0 spiro atoms. The first-order valence-corrected chi connectivity index (χ1v) is 10.3. The number of ether oxygens (including phenoxy) is 3. The summed E-state index contributed by atoms with van der Waals surface area (Å²) in [6.45, 7) is 5.18. The van der Waals surface area contributed by atoms with Gasteiger partial charge in [-0.15, -0.1) is 0 Å². The van der Waals surface area contributed by atoms with Crippen LogP contribution < -0.4 is 20.1 Å². The van der Waals surface area contributed by atoms with Crippen molar-refractivity contribution in [1.82, 2.24) is 10.6 Å². The molecule has 7 heteroatoms. The Hall–Kier alpha value is -1.47. The molecule has 1 aliphatic rings. The van der Waals surface area contributed by atoms with Crippen LogP contribution in [-0.4, -0.2) is 47.0 Å². The molecule has 0 bridgehead atoms. The van der Waals surface area contributed by atoms with Crippen LogP contribution >= 0.6 is 15.9 Å². The molecule has 1 saturated carbocycles. The molecular formula is C20H32BrN3O3. The van der Waals surface area contributed by atoms with E-state index in [-0.39, 0.29) is 0 Å². The number of nitrogens with one attached hydrogen (secondary N) is 2. The monoisotopic (exact) mass is 441 g/mol. The molecule has 0 heterocycles. The summed E-state index contributed by atoms with van der Waals surface area (Å²) in [4.78, 5) is 4.75. The second-order valence-corrected chi connectivity index (χ2v) is 7.80. The topological polar surface area (TPSA) is 64.1 Å². The van der Waals surface area contributed by atoms with Crippen LogP contribution in [0.15, 0.2) is 21.6 Å². The van der Waals surface area contributed by atoms with Gasteiger partial charge in [-0.2, -0.15) is 0 Å². The fraction of sp³-hybridized carbons (Fsp3) is 0.650. The van der Waals surface area contributed by atoms with Crippen LogP contribution in [0.25, 0.3) is 0 Å². The molecule has 0 aliphatic heterocycles. The summed E-state index contributed by atoms with van der Waals surface area (Å²) in [5.74, 6) is 2.24. The number of methoxy groups -OCH3 is 3. The number of benzene rings is 1. The molecule has 0 amide bonds. The average molecular weight is 442 g/mol. The molecule has 2 rings (SSSR count). The van der Waals surface area contributed by atoms with Crippen molar-refractivity contribution in [3.63, 3.8) is 0 Å². The Bertz CT molecular complexity index is 633. The van der Waals surface area contributed by atoms with Gasteiger partial charge in [0.1, 0.15) is 0 Å². The van der Waals surface area contributed by atoms with Gasteiger partial charge < -0.3 is 24.8 Å². The highest BCUT2D eigenvalue weighted by molar-refractivity contribution is 9.10. The standard InChI is InChI=1S/C20H32BrN3O3/c1-5-22-19(24-14-20(7-6-8-20)9-10-25-2)23-13-15-11-17(26-3)18(27-4)12-16(15)21/h11-12H,5-10,13-14H2,1-4H3,(H2,22,23,24). The highest BCUT2D eigenvalue weighted by atomic mass is 79.9. The molecule has 6 nitrogen and oxygen atoms in total. The Morgan fingerprint density at radius 2 is 1.85 bits per heavy atom. The third kappa shape index (κ3) is 6.01. The van der Waals surface area contributed by atoms with Crippen molar-refractivity contribution in [3.05, 3.63) is 22.2 Å². The molecule has 1 aromatic carbocycles. The minimum absolute atomic E-state index is 0.343. The van der Waals surface area contributed by atoms with E-state index in [1.165, 1.54) is 19.3 Å². The third-order valence-corrected chi connectivity index (χ3v) is 5.92. The summed E-state index contributed by atoms with van der Waals surface area (Å²) >= 11 is 3.60. The van der Waals surface area contributed by atoms with Crippen LogP contribution in [0.2, 0.25) is 0 Å². The van der Waals surface area contributed by atoms with Gasteiger partial charge in [-0.25, -0.2) is 4.99 Å². The molecule has 1 aromatic rings. The fourth-order valence-corrected chi connectivity index (χ4v) is 3.75. The van der Waals surface area contributed by atoms with E-state index < -0.39 is 0 Å². The predicted molar refractivity (Wildman–Crippen MR) is 113 cm³/mol. The summed E-state index contributed by atoms with van der Waals surface area (Å²) in [5.41, 5.74) is 1.39. The average Bonchev–Trinajstić information content (AvgIpc) is 2.65. The maximum absolute atomic E-state index is 5.40. The number of rotatable bonds is 10. The SMILES string of the molecule is CCNC(=NCc1cc(OC)c(OC)cc1Br)NCC1(CCOC)CCC1. The van der Waals surface area contributed by atoms with Crippen molar-refractivity contribution in [1.29, 1.82) is 0 Å². The lowest BCUT2D eigenvalue weighted by Crippen LogP contribution is -2.46. The molecule has 0 aromatic heterocycles. The lowest BCUT2D eigenvalue weighted by atomic mass is 9.67.